The molecule has 16 heavy (non-hydrogen) atoms. The number of pyridine rings is 1. The van der Waals surface area contributed by atoms with Crippen molar-refractivity contribution in [3.8, 4) is 0 Å². The van der Waals surface area contributed by atoms with Crippen molar-refractivity contribution in [2.45, 2.75) is 19.4 Å². The van der Waals surface area contributed by atoms with Gasteiger partial charge < -0.3 is 10.1 Å². The molecule has 1 aromatic heterocycles. The summed E-state index contributed by atoms with van der Waals surface area (Å²) < 4.78 is 4.58. The number of rotatable bonds is 5. The Morgan fingerprint density at radius 2 is 2.44 bits per heavy atom. The Labute approximate surface area is 92.8 Å². The third-order valence-electron chi connectivity index (χ3n) is 2.33. The molecule has 1 saturated carbocycles. The minimum atomic E-state index is 0.0495. The van der Waals surface area contributed by atoms with Gasteiger partial charge in [0.2, 0.25) is 5.91 Å². The smallest absolute Gasteiger partial charge is 0.293 e. The van der Waals surface area contributed by atoms with Gasteiger partial charge in [-0.1, -0.05) is 0 Å². The standard InChI is InChI=1S/C11H12N2O3/c14-7-16-6-10-5-9(3-4-12-10)13-11(15)8-1-2-8/h3-5,7-8H,1-2,6H2,(H,12,13,15). The fraction of sp³-hybridized carbons (Fsp3) is 0.364. The predicted molar refractivity (Wildman–Crippen MR) is 56.4 cm³/mol. The Hall–Kier alpha value is -1.91. The van der Waals surface area contributed by atoms with Crippen LogP contribution in [-0.2, 0) is 20.9 Å². The van der Waals surface area contributed by atoms with Crippen molar-refractivity contribution < 1.29 is 14.3 Å². The summed E-state index contributed by atoms with van der Waals surface area (Å²) >= 11 is 0. The van der Waals surface area contributed by atoms with E-state index in [0.717, 1.165) is 12.8 Å². The summed E-state index contributed by atoms with van der Waals surface area (Å²) in [7, 11) is 0. The van der Waals surface area contributed by atoms with Gasteiger partial charge in [-0.3, -0.25) is 14.6 Å². The zero-order valence-corrected chi connectivity index (χ0v) is 8.68. The van der Waals surface area contributed by atoms with Crippen LogP contribution in [0.3, 0.4) is 0 Å². The number of carbonyl (C=O) groups is 2. The van der Waals surface area contributed by atoms with Crippen LogP contribution in [0.1, 0.15) is 18.5 Å². The largest absolute Gasteiger partial charge is 0.461 e. The normalized spacial score (nSPS) is 14.2. The average Bonchev–Trinajstić information content (AvgIpc) is 3.10. The molecule has 5 nitrogen and oxygen atoms in total. The first kappa shape index (κ1) is 10.6. The van der Waals surface area contributed by atoms with Crippen molar-refractivity contribution in [1.29, 1.82) is 0 Å². The van der Waals surface area contributed by atoms with Crippen molar-refractivity contribution >= 4 is 18.1 Å². The third-order valence-corrected chi connectivity index (χ3v) is 2.33. The van der Waals surface area contributed by atoms with Gasteiger partial charge in [-0.2, -0.15) is 0 Å². The van der Waals surface area contributed by atoms with E-state index in [1.54, 1.807) is 18.3 Å². The monoisotopic (exact) mass is 220 g/mol. The Morgan fingerprint density at radius 3 is 3.12 bits per heavy atom. The van der Waals surface area contributed by atoms with Gasteiger partial charge in [0.1, 0.15) is 6.61 Å². The van der Waals surface area contributed by atoms with Gasteiger partial charge in [-0.05, 0) is 25.0 Å². The van der Waals surface area contributed by atoms with E-state index in [2.05, 4.69) is 15.0 Å². The zero-order valence-electron chi connectivity index (χ0n) is 8.68. The minimum Gasteiger partial charge on any atom is -0.461 e. The molecule has 2 rings (SSSR count). The van der Waals surface area contributed by atoms with Crippen LogP contribution in [-0.4, -0.2) is 17.4 Å². The van der Waals surface area contributed by atoms with E-state index in [9.17, 15) is 9.59 Å². The van der Waals surface area contributed by atoms with E-state index in [0.29, 0.717) is 17.9 Å². The highest BCUT2D eigenvalue weighted by atomic mass is 16.5. The van der Waals surface area contributed by atoms with Crippen molar-refractivity contribution in [2.24, 2.45) is 5.92 Å². The van der Waals surface area contributed by atoms with E-state index in [4.69, 9.17) is 0 Å². The molecule has 1 heterocycles. The maximum Gasteiger partial charge on any atom is 0.293 e. The molecule has 0 atom stereocenters. The number of carbonyl (C=O) groups excluding carboxylic acids is 2. The van der Waals surface area contributed by atoms with Gasteiger partial charge in [0, 0.05) is 17.8 Å². The van der Waals surface area contributed by atoms with Gasteiger partial charge in [-0.25, -0.2) is 0 Å². The quantitative estimate of drug-likeness (QED) is 0.754. The van der Waals surface area contributed by atoms with Gasteiger partial charge >= 0.3 is 0 Å². The lowest BCUT2D eigenvalue weighted by Crippen LogP contribution is -2.13. The topological polar surface area (TPSA) is 68.3 Å². The number of hydrogen-bond acceptors (Lipinski definition) is 4. The molecule has 1 aliphatic carbocycles. The van der Waals surface area contributed by atoms with Crippen molar-refractivity contribution in [2.75, 3.05) is 5.32 Å². The van der Waals surface area contributed by atoms with Crippen LogP contribution < -0.4 is 5.32 Å². The van der Waals surface area contributed by atoms with Crippen LogP contribution in [0.4, 0.5) is 5.69 Å². The highest BCUT2D eigenvalue weighted by molar-refractivity contribution is 5.93. The summed E-state index contributed by atoms with van der Waals surface area (Å²) in [5, 5.41) is 2.80. The summed E-state index contributed by atoms with van der Waals surface area (Å²) in [5.41, 5.74) is 1.30. The molecule has 0 bridgehead atoms. The highest BCUT2D eigenvalue weighted by Crippen LogP contribution is 2.30. The van der Waals surface area contributed by atoms with Crippen LogP contribution in [0.25, 0.3) is 0 Å². The molecule has 1 aliphatic rings. The number of nitrogens with zero attached hydrogens (tertiary/aromatic N) is 1. The van der Waals surface area contributed by atoms with E-state index in [1.807, 2.05) is 0 Å². The molecule has 1 N–H and O–H groups in total. The molecule has 0 radical (unpaired) electrons. The molecule has 1 amide bonds. The van der Waals surface area contributed by atoms with Crippen molar-refractivity contribution in [3.05, 3.63) is 24.0 Å². The van der Waals surface area contributed by atoms with Crippen LogP contribution in [0, 0.1) is 5.92 Å². The Morgan fingerprint density at radius 1 is 1.62 bits per heavy atom. The maximum atomic E-state index is 11.5. The lowest BCUT2D eigenvalue weighted by Gasteiger charge is -2.05. The van der Waals surface area contributed by atoms with E-state index >= 15 is 0 Å². The van der Waals surface area contributed by atoms with Crippen LogP contribution in [0.2, 0.25) is 0 Å². The molecule has 0 aromatic carbocycles. The summed E-state index contributed by atoms with van der Waals surface area (Å²) in [6.07, 6.45) is 3.52. The first-order valence-corrected chi connectivity index (χ1v) is 5.10. The molecule has 1 aromatic rings. The van der Waals surface area contributed by atoms with Gasteiger partial charge in [-0.15, -0.1) is 0 Å². The lowest BCUT2D eigenvalue weighted by atomic mass is 10.3. The van der Waals surface area contributed by atoms with Crippen molar-refractivity contribution in [3.63, 3.8) is 0 Å². The van der Waals surface area contributed by atoms with E-state index < -0.39 is 0 Å². The molecule has 84 valence electrons. The maximum absolute atomic E-state index is 11.5. The summed E-state index contributed by atoms with van der Waals surface area (Å²) in [6, 6.07) is 3.41. The molecular weight excluding hydrogens is 208 g/mol. The minimum absolute atomic E-state index is 0.0495. The number of ether oxygens (including phenoxy) is 1. The fourth-order valence-corrected chi connectivity index (χ4v) is 1.34. The third kappa shape index (κ3) is 2.79. The predicted octanol–water partition coefficient (Wildman–Crippen LogP) is 1.10. The van der Waals surface area contributed by atoms with Crippen LogP contribution >= 0.6 is 0 Å². The zero-order chi connectivity index (χ0) is 11.4. The fourth-order valence-electron chi connectivity index (χ4n) is 1.34. The van der Waals surface area contributed by atoms with Crippen molar-refractivity contribution in [1.82, 2.24) is 4.98 Å². The number of amides is 1. The summed E-state index contributed by atoms with van der Waals surface area (Å²) in [4.78, 5) is 25.5. The van der Waals surface area contributed by atoms with E-state index in [1.165, 1.54) is 0 Å². The van der Waals surface area contributed by atoms with Gasteiger partial charge in [0.25, 0.3) is 6.47 Å². The second kappa shape index (κ2) is 4.74. The molecule has 0 aliphatic heterocycles. The molecule has 0 spiro atoms. The molecule has 5 heteroatoms. The molecule has 0 unspecified atom stereocenters. The number of nitrogens with one attached hydrogen (secondary N) is 1. The molecule has 1 fully saturated rings. The Kier molecular flexibility index (Phi) is 3.14. The van der Waals surface area contributed by atoms with Crippen LogP contribution in [0.15, 0.2) is 18.3 Å². The summed E-state index contributed by atoms with van der Waals surface area (Å²) in [5.74, 6) is 0.219. The molecule has 0 saturated heterocycles. The highest BCUT2D eigenvalue weighted by Gasteiger charge is 2.29. The number of anilines is 1. The van der Waals surface area contributed by atoms with Gasteiger partial charge in [0.15, 0.2) is 0 Å². The summed E-state index contributed by atoms with van der Waals surface area (Å²) in [6.45, 7) is 0.494. The Bertz CT molecular complexity index is 402. The van der Waals surface area contributed by atoms with Gasteiger partial charge in [0.05, 0.1) is 5.69 Å². The number of hydrogen-bond donors (Lipinski definition) is 1. The Balaban J connectivity index is 1.97. The lowest BCUT2D eigenvalue weighted by molar-refractivity contribution is -0.130. The average molecular weight is 220 g/mol. The SMILES string of the molecule is O=COCc1cc(NC(=O)C2CC2)ccn1. The van der Waals surface area contributed by atoms with E-state index in [-0.39, 0.29) is 18.4 Å². The van der Waals surface area contributed by atoms with Crippen LogP contribution in [0.5, 0.6) is 0 Å². The second-order valence-electron chi connectivity index (χ2n) is 3.71. The first-order chi connectivity index (χ1) is 7.79. The first-order valence-electron chi connectivity index (χ1n) is 5.10. The second-order valence-corrected chi connectivity index (χ2v) is 3.71. The molecular formula is C11H12N2O3. The number of aromatic nitrogens is 1.